The lowest BCUT2D eigenvalue weighted by molar-refractivity contribution is -0.806. The molecule has 9 nitrogen and oxygen atoms in total. The van der Waals surface area contributed by atoms with Gasteiger partial charge in [-0.25, -0.2) is 9.59 Å². The van der Waals surface area contributed by atoms with Gasteiger partial charge in [0.05, 0.1) is 11.6 Å². The molecule has 1 fully saturated rings. The number of fused-ring (bicyclic) bond motifs is 1. The monoisotopic (exact) mass is 518 g/mol. The summed E-state index contributed by atoms with van der Waals surface area (Å²) < 4.78 is 5.34. The Bertz CT molecular complexity index is 1460. The summed E-state index contributed by atoms with van der Waals surface area (Å²) in [7, 11) is 0. The Labute approximate surface area is 218 Å². The van der Waals surface area contributed by atoms with Crippen LogP contribution in [0.15, 0.2) is 79.3 Å². The molecular formula is C27H25ClN5O4+. The maximum absolute atomic E-state index is 13.9. The number of hydrogen-bond acceptors (Lipinski definition) is 5. The molecular weight excluding hydrogens is 494 g/mol. The molecule has 37 heavy (non-hydrogen) atoms. The molecule has 1 unspecified atom stereocenters. The topological polar surface area (TPSA) is 118 Å². The molecule has 10 heteroatoms. The average Bonchev–Trinajstić information content (AvgIpc) is 3.51. The number of carbonyl (C=O) groups is 3. The van der Waals surface area contributed by atoms with E-state index in [0.717, 1.165) is 5.39 Å². The van der Waals surface area contributed by atoms with Crippen molar-refractivity contribution in [3.8, 4) is 5.75 Å². The number of carbonyl (C=O) groups excluding carboxylic acids is 3. The summed E-state index contributed by atoms with van der Waals surface area (Å²) in [5.41, 5.74) is 7.41. The third-order valence-corrected chi connectivity index (χ3v) is 7.01. The van der Waals surface area contributed by atoms with Crippen molar-refractivity contribution in [3.63, 3.8) is 0 Å². The predicted octanol–water partition coefficient (Wildman–Crippen LogP) is 4.48. The number of quaternary nitrogens is 1. The lowest BCUT2D eigenvalue weighted by atomic mass is 10.1. The van der Waals surface area contributed by atoms with E-state index in [2.05, 4.69) is 9.97 Å². The van der Waals surface area contributed by atoms with Crippen molar-refractivity contribution in [1.29, 1.82) is 0 Å². The number of H-pyrrole nitrogens is 1. The minimum absolute atomic E-state index is 0.188. The number of benzene rings is 2. The zero-order valence-electron chi connectivity index (χ0n) is 19.8. The molecule has 4 aromatic rings. The zero-order valence-corrected chi connectivity index (χ0v) is 20.6. The third-order valence-electron chi connectivity index (χ3n) is 6.70. The summed E-state index contributed by atoms with van der Waals surface area (Å²) in [5, 5.41) is 1.33. The van der Waals surface area contributed by atoms with Gasteiger partial charge in [-0.2, -0.15) is 0 Å². The fraction of sp³-hybridized carbons (Fsp3) is 0.185. The van der Waals surface area contributed by atoms with Gasteiger partial charge in [0.2, 0.25) is 6.23 Å². The van der Waals surface area contributed by atoms with E-state index < -0.39 is 28.6 Å². The Morgan fingerprint density at radius 3 is 2.59 bits per heavy atom. The first-order chi connectivity index (χ1) is 17.9. The van der Waals surface area contributed by atoms with Crippen molar-refractivity contribution in [2.24, 2.45) is 5.73 Å². The summed E-state index contributed by atoms with van der Waals surface area (Å²) >= 11 is 6.19. The highest BCUT2D eigenvalue weighted by Gasteiger charge is 2.55. The van der Waals surface area contributed by atoms with E-state index in [0.29, 0.717) is 40.4 Å². The molecule has 0 spiro atoms. The van der Waals surface area contributed by atoms with E-state index in [1.54, 1.807) is 73.2 Å². The zero-order chi connectivity index (χ0) is 26.0. The van der Waals surface area contributed by atoms with Crippen molar-refractivity contribution in [3.05, 3.63) is 89.8 Å². The van der Waals surface area contributed by atoms with Gasteiger partial charge in [-0.3, -0.25) is 14.7 Å². The number of hydrogen-bond donors (Lipinski definition) is 2. The third kappa shape index (κ3) is 4.54. The van der Waals surface area contributed by atoms with Gasteiger partial charge in [-0.15, -0.1) is 4.48 Å². The first kappa shape index (κ1) is 24.5. The van der Waals surface area contributed by atoms with Crippen molar-refractivity contribution < 1.29 is 23.6 Å². The number of primary amides is 1. The highest BCUT2D eigenvalue weighted by atomic mass is 35.5. The minimum Gasteiger partial charge on any atom is -0.442 e. The molecule has 4 amide bonds. The van der Waals surface area contributed by atoms with Crippen LogP contribution in [0.5, 0.6) is 5.75 Å². The maximum Gasteiger partial charge on any atom is 0.424 e. The van der Waals surface area contributed by atoms with Gasteiger partial charge >= 0.3 is 11.9 Å². The molecule has 1 saturated heterocycles. The summed E-state index contributed by atoms with van der Waals surface area (Å²) in [6.07, 6.45) is 4.99. The average molecular weight is 519 g/mol. The van der Waals surface area contributed by atoms with E-state index >= 15 is 0 Å². The molecule has 188 valence electrons. The Kier molecular flexibility index (Phi) is 6.64. The fourth-order valence-electron chi connectivity index (χ4n) is 4.79. The quantitative estimate of drug-likeness (QED) is 0.365. The number of halogens is 1. The molecule has 2 atom stereocenters. The number of pyridine rings is 1. The molecule has 3 N–H and O–H groups in total. The Hall–Kier alpha value is -4.21. The molecule has 0 bridgehead atoms. The molecule has 1 aliphatic rings. The number of imide groups is 1. The summed E-state index contributed by atoms with van der Waals surface area (Å²) in [6.45, 7) is -0.181. The number of amides is 4. The number of nitrogens with zero attached hydrogens (tertiary/aromatic N) is 3. The van der Waals surface area contributed by atoms with Crippen LogP contribution in [-0.2, 0) is 4.79 Å². The molecule has 0 radical (unpaired) electrons. The smallest absolute Gasteiger partial charge is 0.424 e. The second-order valence-electron chi connectivity index (χ2n) is 8.85. The number of likely N-dealkylation sites (tertiary alicyclic amines) is 1. The van der Waals surface area contributed by atoms with Crippen molar-refractivity contribution in [2.75, 3.05) is 18.0 Å². The standard InChI is InChI=1S/C27H24ClN5O4/c28-22-16-31-23-15-18(8-9-21(22)23)26(35)32(19-5-2-1-3-6-19)17-24(34)33(27(29)36)14-4-7-25(33)37-20-10-12-30-13-11-20/h1-3,5-6,8-13,15-16,25H,4,7,14,17H2,(H2-,29,31,35,36)/p+1/t25?,33-/m1/s1. The Balaban J connectivity index is 1.49. The molecule has 2 aromatic carbocycles. The summed E-state index contributed by atoms with van der Waals surface area (Å²) in [6, 6.07) is 16.4. The van der Waals surface area contributed by atoms with Crippen LogP contribution in [0, 0.1) is 0 Å². The first-order valence-electron chi connectivity index (χ1n) is 11.8. The van der Waals surface area contributed by atoms with Crippen LogP contribution in [0.2, 0.25) is 5.02 Å². The number of para-hydroxylation sites is 1. The van der Waals surface area contributed by atoms with E-state index in [1.807, 2.05) is 6.07 Å². The van der Waals surface area contributed by atoms with E-state index in [-0.39, 0.29) is 13.1 Å². The van der Waals surface area contributed by atoms with Gasteiger partial charge in [0.15, 0.2) is 0 Å². The number of rotatable bonds is 6. The van der Waals surface area contributed by atoms with Gasteiger partial charge in [0, 0.05) is 53.6 Å². The van der Waals surface area contributed by atoms with Crippen molar-refractivity contribution in [1.82, 2.24) is 9.97 Å². The Morgan fingerprint density at radius 1 is 1.11 bits per heavy atom. The van der Waals surface area contributed by atoms with Gasteiger partial charge in [0.25, 0.3) is 5.91 Å². The van der Waals surface area contributed by atoms with Crippen LogP contribution in [-0.4, -0.2) is 51.6 Å². The normalized spacial score (nSPS) is 19.0. The van der Waals surface area contributed by atoms with E-state index in [1.165, 1.54) is 4.90 Å². The minimum atomic E-state index is -0.815. The lowest BCUT2D eigenvalue weighted by Gasteiger charge is -2.34. The molecule has 3 heterocycles. The largest absolute Gasteiger partial charge is 0.442 e. The highest BCUT2D eigenvalue weighted by Crippen LogP contribution is 2.31. The number of nitrogens with two attached hydrogens (primary N) is 1. The first-order valence-corrected chi connectivity index (χ1v) is 12.2. The highest BCUT2D eigenvalue weighted by molar-refractivity contribution is 6.35. The van der Waals surface area contributed by atoms with Crippen LogP contribution in [0.25, 0.3) is 10.9 Å². The SMILES string of the molecule is NC(=O)[N@@+]1(C(=O)CN(C(=O)c2ccc3c(Cl)c[nH]c3c2)c2ccccc2)CCCC1Oc1ccncc1. The molecule has 2 aromatic heterocycles. The number of aromatic amines is 1. The van der Waals surface area contributed by atoms with Crippen LogP contribution >= 0.6 is 11.6 Å². The van der Waals surface area contributed by atoms with Crippen LogP contribution in [0.1, 0.15) is 23.2 Å². The number of ether oxygens (including phenoxy) is 1. The number of anilines is 1. The number of aromatic nitrogens is 2. The summed E-state index contributed by atoms with van der Waals surface area (Å²) in [4.78, 5) is 48.9. The van der Waals surface area contributed by atoms with Crippen LogP contribution in [0.4, 0.5) is 10.5 Å². The number of urea groups is 1. The van der Waals surface area contributed by atoms with Gasteiger partial charge < -0.3 is 15.5 Å². The second kappa shape index (κ2) is 10.0. The fourth-order valence-corrected chi connectivity index (χ4v) is 5.01. The van der Waals surface area contributed by atoms with Gasteiger partial charge in [-0.05, 0) is 36.4 Å². The van der Waals surface area contributed by atoms with Crippen molar-refractivity contribution >= 4 is 46.0 Å². The summed E-state index contributed by atoms with van der Waals surface area (Å²) in [5.74, 6) is -0.446. The second-order valence-corrected chi connectivity index (χ2v) is 9.25. The Morgan fingerprint density at radius 2 is 1.86 bits per heavy atom. The van der Waals surface area contributed by atoms with Crippen LogP contribution < -0.4 is 15.4 Å². The van der Waals surface area contributed by atoms with Gasteiger partial charge in [0.1, 0.15) is 12.3 Å². The number of nitrogens with one attached hydrogen (secondary N) is 1. The molecule has 1 aliphatic heterocycles. The molecule has 0 saturated carbocycles. The maximum atomic E-state index is 13.9. The molecule has 0 aliphatic carbocycles. The van der Waals surface area contributed by atoms with Crippen LogP contribution in [0.3, 0.4) is 0 Å². The van der Waals surface area contributed by atoms with Gasteiger partial charge in [-0.1, -0.05) is 35.9 Å². The molecule has 5 rings (SSSR count). The lowest BCUT2D eigenvalue weighted by Crippen LogP contribution is -2.66. The van der Waals surface area contributed by atoms with Crippen molar-refractivity contribution in [2.45, 2.75) is 19.1 Å². The predicted molar refractivity (Wildman–Crippen MR) is 139 cm³/mol. The van der Waals surface area contributed by atoms with E-state index in [9.17, 15) is 14.4 Å². The van der Waals surface area contributed by atoms with E-state index in [4.69, 9.17) is 22.1 Å².